The summed E-state index contributed by atoms with van der Waals surface area (Å²) in [6.45, 7) is 1.86. The first-order valence-electron chi connectivity index (χ1n) is 5.80. The van der Waals surface area contributed by atoms with Crippen LogP contribution in [0, 0.1) is 0 Å². The van der Waals surface area contributed by atoms with E-state index in [2.05, 4.69) is 10.2 Å². The Labute approximate surface area is 119 Å². The van der Waals surface area contributed by atoms with Crippen LogP contribution in [0.1, 0.15) is 18.4 Å². The van der Waals surface area contributed by atoms with Crippen LogP contribution in [0.4, 0.5) is 0 Å². The van der Waals surface area contributed by atoms with Crippen molar-refractivity contribution in [3.05, 3.63) is 40.6 Å². The number of aromatic nitrogens is 2. The summed E-state index contributed by atoms with van der Waals surface area (Å²) in [6.07, 6.45) is 1.97. The molecule has 0 spiro atoms. The standard InChI is InChI=1S/C13H12N2O4S/c1-2-11-14-15-13(19-11)20-10(12(17)18)7-8-4-3-5-9(16)6-8/h3-7,16H,2H2,1H3,(H,17,18)/p-1/b10-7-. The number of thioether (sulfide) groups is 1. The molecular formula is C13H11N2O4S-. The molecule has 1 heterocycles. The molecule has 0 radical (unpaired) electrons. The monoisotopic (exact) mass is 291 g/mol. The third-order valence-corrected chi connectivity index (χ3v) is 3.17. The Hall–Kier alpha value is -2.28. The second-order valence-electron chi connectivity index (χ2n) is 3.80. The number of carbonyl (C=O) groups is 1. The van der Waals surface area contributed by atoms with Crippen molar-refractivity contribution in [2.24, 2.45) is 0 Å². The van der Waals surface area contributed by atoms with Crippen LogP contribution in [0.2, 0.25) is 0 Å². The van der Waals surface area contributed by atoms with Crippen LogP contribution in [0.5, 0.6) is 5.75 Å². The summed E-state index contributed by atoms with van der Waals surface area (Å²) < 4.78 is 5.25. The lowest BCUT2D eigenvalue weighted by Gasteiger charge is -2.05. The third-order valence-electron chi connectivity index (χ3n) is 2.31. The molecule has 0 bridgehead atoms. The molecule has 1 N–H and O–H groups in total. The first-order valence-corrected chi connectivity index (χ1v) is 6.62. The second-order valence-corrected chi connectivity index (χ2v) is 4.80. The van der Waals surface area contributed by atoms with Gasteiger partial charge in [-0.3, -0.25) is 0 Å². The predicted octanol–water partition coefficient (Wildman–Crippen LogP) is 1.92. The smallest absolute Gasteiger partial charge is 0.342 e. The van der Waals surface area contributed by atoms with Gasteiger partial charge >= 0.3 is 5.97 Å². The summed E-state index contributed by atoms with van der Waals surface area (Å²) in [7, 11) is 0. The molecule has 104 valence electrons. The van der Waals surface area contributed by atoms with Crippen molar-refractivity contribution in [1.29, 1.82) is 0 Å². The van der Waals surface area contributed by atoms with Crippen LogP contribution >= 0.6 is 11.8 Å². The Kier molecular flexibility index (Phi) is 4.41. The van der Waals surface area contributed by atoms with E-state index >= 15 is 0 Å². The van der Waals surface area contributed by atoms with Crippen LogP contribution in [0.15, 0.2) is 38.8 Å². The number of rotatable bonds is 5. The van der Waals surface area contributed by atoms with E-state index in [9.17, 15) is 15.0 Å². The van der Waals surface area contributed by atoms with E-state index in [1.807, 2.05) is 6.92 Å². The maximum atomic E-state index is 11.2. The molecule has 2 rings (SSSR count). The van der Waals surface area contributed by atoms with Gasteiger partial charge in [-0.15, -0.1) is 15.9 Å². The molecule has 6 nitrogen and oxygen atoms in total. The van der Waals surface area contributed by atoms with Crippen molar-refractivity contribution in [2.75, 3.05) is 0 Å². The maximum Gasteiger partial charge on any atom is 0.342 e. The summed E-state index contributed by atoms with van der Waals surface area (Å²) in [5.74, 6) is -0.860. The first kappa shape index (κ1) is 14.1. The summed E-state index contributed by atoms with van der Waals surface area (Å²) >= 11 is 0.853. The maximum absolute atomic E-state index is 11.2. The Bertz CT molecular complexity index is 651. The molecule has 0 atom stereocenters. The number of hydrogen-bond acceptors (Lipinski definition) is 6. The zero-order valence-corrected chi connectivity index (χ0v) is 11.4. The summed E-state index contributed by atoms with van der Waals surface area (Å²) in [6, 6.07) is 5.97. The minimum absolute atomic E-state index is 0.00176. The highest BCUT2D eigenvalue weighted by atomic mass is 32.2. The third kappa shape index (κ3) is 3.61. The molecule has 1 aromatic carbocycles. The topological polar surface area (TPSA) is 99.3 Å². The minimum Gasteiger partial charge on any atom is -0.872 e. The Morgan fingerprint density at radius 3 is 2.90 bits per heavy atom. The number of aliphatic carboxylic acids is 1. The number of carboxylic acid groups (broad SMARTS) is 1. The Balaban J connectivity index is 2.25. The molecule has 0 saturated carbocycles. The van der Waals surface area contributed by atoms with Crippen LogP contribution in [0.3, 0.4) is 0 Å². The van der Waals surface area contributed by atoms with Crippen LogP contribution in [-0.4, -0.2) is 21.3 Å². The molecule has 0 aliphatic carbocycles. The lowest BCUT2D eigenvalue weighted by atomic mass is 10.2. The van der Waals surface area contributed by atoms with Gasteiger partial charge in [0.05, 0.1) is 0 Å². The van der Waals surface area contributed by atoms with E-state index in [1.54, 1.807) is 12.1 Å². The molecule has 0 aliphatic heterocycles. The van der Waals surface area contributed by atoms with Gasteiger partial charge in [0.1, 0.15) is 4.91 Å². The molecule has 0 fully saturated rings. The fraction of sp³-hybridized carbons (Fsp3) is 0.154. The largest absolute Gasteiger partial charge is 0.872 e. The van der Waals surface area contributed by atoms with Crippen LogP contribution < -0.4 is 5.11 Å². The fourth-order valence-electron chi connectivity index (χ4n) is 1.41. The van der Waals surface area contributed by atoms with Crippen molar-refractivity contribution >= 4 is 23.8 Å². The molecule has 1 aromatic heterocycles. The van der Waals surface area contributed by atoms with Gasteiger partial charge in [0.15, 0.2) is 0 Å². The van der Waals surface area contributed by atoms with Gasteiger partial charge in [-0.05, 0) is 23.4 Å². The summed E-state index contributed by atoms with van der Waals surface area (Å²) in [5, 5.41) is 28.1. The number of nitrogens with zero attached hydrogens (tertiary/aromatic N) is 2. The van der Waals surface area contributed by atoms with Crippen molar-refractivity contribution in [1.82, 2.24) is 10.2 Å². The molecule has 2 aromatic rings. The molecule has 20 heavy (non-hydrogen) atoms. The Morgan fingerprint density at radius 2 is 2.30 bits per heavy atom. The number of carboxylic acids is 1. The van der Waals surface area contributed by atoms with Crippen molar-refractivity contribution in [3.8, 4) is 5.75 Å². The SMILES string of the molecule is CCc1nnc(S/C(=C\c2cccc([O-])c2)C(=O)O)o1. The molecule has 0 saturated heterocycles. The van der Waals surface area contributed by atoms with Gasteiger partial charge in [0, 0.05) is 6.42 Å². The number of aryl methyl sites for hydroxylation is 1. The van der Waals surface area contributed by atoms with E-state index in [1.165, 1.54) is 18.2 Å². The zero-order chi connectivity index (χ0) is 14.5. The van der Waals surface area contributed by atoms with E-state index in [-0.39, 0.29) is 15.9 Å². The minimum atomic E-state index is -1.12. The second kappa shape index (κ2) is 6.25. The molecule has 7 heteroatoms. The van der Waals surface area contributed by atoms with Crippen LogP contribution in [0.25, 0.3) is 6.08 Å². The lowest BCUT2D eigenvalue weighted by Crippen LogP contribution is -1.97. The van der Waals surface area contributed by atoms with E-state index < -0.39 is 5.97 Å². The average Bonchev–Trinajstić information content (AvgIpc) is 2.85. The lowest BCUT2D eigenvalue weighted by molar-refractivity contribution is -0.268. The van der Waals surface area contributed by atoms with Gasteiger partial charge in [0.25, 0.3) is 5.22 Å². The number of benzene rings is 1. The highest BCUT2D eigenvalue weighted by Crippen LogP contribution is 2.27. The zero-order valence-electron chi connectivity index (χ0n) is 10.6. The van der Waals surface area contributed by atoms with E-state index in [4.69, 9.17) is 4.42 Å². The highest BCUT2D eigenvalue weighted by molar-refractivity contribution is 8.03. The van der Waals surface area contributed by atoms with Crippen molar-refractivity contribution in [2.45, 2.75) is 18.6 Å². The van der Waals surface area contributed by atoms with Gasteiger partial charge in [-0.1, -0.05) is 31.2 Å². The Morgan fingerprint density at radius 1 is 1.50 bits per heavy atom. The van der Waals surface area contributed by atoms with Crippen molar-refractivity contribution < 1.29 is 19.4 Å². The van der Waals surface area contributed by atoms with Crippen LogP contribution in [-0.2, 0) is 11.2 Å². The quantitative estimate of drug-likeness (QED) is 0.663. The molecule has 0 unspecified atom stereocenters. The summed E-state index contributed by atoms with van der Waals surface area (Å²) in [5.41, 5.74) is 0.512. The van der Waals surface area contributed by atoms with Crippen molar-refractivity contribution in [3.63, 3.8) is 0 Å². The van der Waals surface area contributed by atoms with E-state index in [0.717, 1.165) is 11.8 Å². The highest BCUT2D eigenvalue weighted by Gasteiger charge is 2.14. The normalized spacial score (nSPS) is 11.6. The molecule has 0 aliphatic rings. The van der Waals surface area contributed by atoms with Gasteiger partial charge in [-0.25, -0.2) is 4.79 Å². The predicted molar refractivity (Wildman–Crippen MR) is 71.0 cm³/mol. The van der Waals surface area contributed by atoms with Gasteiger partial charge in [0.2, 0.25) is 5.89 Å². The number of hydrogen-bond donors (Lipinski definition) is 1. The average molecular weight is 291 g/mol. The van der Waals surface area contributed by atoms with E-state index in [0.29, 0.717) is 17.9 Å². The summed E-state index contributed by atoms with van der Waals surface area (Å²) in [4.78, 5) is 11.2. The van der Waals surface area contributed by atoms with Gasteiger partial charge in [-0.2, -0.15) is 0 Å². The molecule has 0 amide bonds. The molecular weight excluding hydrogens is 280 g/mol. The fourth-order valence-corrected chi connectivity index (χ4v) is 2.10. The first-order chi connectivity index (χ1) is 9.58. The van der Waals surface area contributed by atoms with Gasteiger partial charge < -0.3 is 14.6 Å².